The molecule has 1 aliphatic carbocycles. The van der Waals surface area contributed by atoms with Gasteiger partial charge in [0.1, 0.15) is 12.6 Å². The summed E-state index contributed by atoms with van der Waals surface area (Å²) in [5, 5.41) is 14.4. The second-order valence-electron chi connectivity index (χ2n) is 7.99. The second kappa shape index (κ2) is 9.82. The van der Waals surface area contributed by atoms with Crippen molar-refractivity contribution in [3.63, 3.8) is 0 Å². The minimum atomic E-state index is -1.61. The number of amides is 2. The number of aliphatic carboxylic acids is 1. The van der Waals surface area contributed by atoms with E-state index < -0.39 is 29.6 Å². The van der Waals surface area contributed by atoms with Gasteiger partial charge in [-0.15, -0.1) is 0 Å². The van der Waals surface area contributed by atoms with Crippen LogP contribution >= 0.6 is 0 Å². The van der Waals surface area contributed by atoms with E-state index in [1.807, 2.05) is 48.5 Å². The number of carbonyl (C=O) groups excluding carboxylic acids is 2. The molecular formula is C24H28N2O6. The van der Waals surface area contributed by atoms with Gasteiger partial charge in [0, 0.05) is 13.0 Å². The highest BCUT2D eigenvalue weighted by Gasteiger charge is 2.37. The Morgan fingerprint density at radius 2 is 1.62 bits per heavy atom. The van der Waals surface area contributed by atoms with Gasteiger partial charge >= 0.3 is 12.1 Å². The van der Waals surface area contributed by atoms with Gasteiger partial charge in [0.2, 0.25) is 5.91 Å². The van der Waals surface area contributed by atoms with Crippen LogP contribution in [0.15, 0.2) is 48.5 Å². The van der Waals surface area contributed by atoms with Crippen LogP contribution in [0.4, 0.5) is 4.79 Å². The van der Waals surface area contributed by atoms with Crippen molar-refractivity contribution in [2.45, 2.75) is 37.8 Å². The quantitative estimate of drug-likeness (QED) is 0.553. The number of hydrogen-bond donors (Lipinski definition) is 3. The fourth-order valence-corrected chi connectivity index (χ4v) is 3.93. The molecule has 0 saturated heterocycles. The molecule has 0 saturated carbocycles. The molecular weight excluding hydrogens is 412 g/mol. The van der Waals surface area contributed by atoms with E-state index in [0.29, 0.717) is 0 Å². The van der Waals surface area contributed by atoms with Crippen molar-refractivity contribution in [1.82, 2.24) is 10.6 Å². The monoisotopic (exact) mass is 440 g/mol. The number of carboxylic acid groups (broad SMARTS) is 1. The molecule has 1 unspecified atom stereocenters. The van der Waals surface area contributed by atoms with Crippen LogP contribution in [0, 0.1) is 0 Å². The molecule has 0 fully saturated rings. The molecule has 2 amide bonds. The zero-order valence-corrected chi connectivity index (χ0v) is 18.4. The summed E-state index contributed by atoms with van der Waals surface area (Å²) in [6.07, 6.45) is -0.476. The van der Waals surface area contributed by atoms with Crippen molar-refractivity contribution < 1.29 is 29.0 Å². The maximum atomic E-state index is 12.6. The smallest absolute Gasteiger partial charge is 0.407 e. The zero-order chi connectivity index (χ0) is 23.3. The highest BCUT2D eigenvalue weighted by molar-refractivity contribution is 5.91. The highest BCUT2D eigenvalue weighted by atomic mass is 16.5. The molecule has 2 atom stereocenters. The predicted molar refractivity (Wildman–Crippen MR) is 118 cm³/mol. The van der Waals surface area contributed by atoms with Crippen molar-refractivity contribution in [3.8, 4) is 11.1 Å². The third kappa shape index (κ3) is 4.75. The first-order valence-electron chi connectivity index (χ1n) is 10.5. The van der Waals surface area contributed by atoms with Crippen molar-refractivity contribution in [2.24, 2.45) is 0 Å². The second-order valence-corrected chi connectivity index (χ2v) is 7.99. The van der Waals surface area contributed by atoms with Gasteiger partial charge in [-0.25, -0.2) is 9.59 Å². The first-order chi connectivity index (χ1) is 15.3. The van der Waals surface area contributed by atoms with Crippen molar-refractivity contribution in [1.29, 1.82) is 0 Å². The summed E-state index contributed by atoms with van der Waals surface area (Å²) >= 11 is 0. The topological polar surface area (TPSA) is 114 Å². The predicted octanol–water partition coefficient (Wildman–Crippen LogP) is 2.91. The van der Waals surface area contributed by atoms with Crippen LogP contribution in [-0.2, 0) is 19.1 Å². The number of hydrogen-bond acceptors (Lipinski definition) is 5. The van der Waals surface area contributed by atoms with Gasteiger partial charge in [-0.1, -0.05) is 55.5 Å². The lowest BCUT2D eigenvalue weighted by Crippen LogP contribution is -2.59. The SMILES string of the molecule is CC[C@@H](NC(=O)OCC1c2ccccc2-c2ccccc21)C(=O)NC(C)(COC)C(=O)O. The number of carboxylic acids is 1. The molecule has 0 bridgehead atoms. The van der Waals surface area contributed by atoms with Gasteiger partial charge in [0.15, 0.2) is 5.54 Å². The molecule has 2 aromatic rings. The minimum Gasteiger partial charge on any atom is -0.479 e. The average Bonchev–Trinajstić information content (AvgIpc) is 3.09. The lowest BCUT2D eigenvalue weighted by molar-refractivity contribution is -0.149. The molecule has 170 valence electrons. The summed E-state index contributed by atoms with van der Waals surface area (Å²) in [4.78, 5) is 36.6. The number of rotatable bonds is 9. The molecule has 0 radical (unpaired) electrons. The van der Waals surface area contributed by atoms with Gasteiger partial charge < -0.3 is 25.2 Å². The number of fused-ring (bicyclic) bond motifs is 3. The Balaban J connectivity index is 1.64. The molecule has 8 heteroatoms. The normalized spacial score (nSPS) is 15.1. The van der Waals surface area contributed by atoms with Crippen LogP contribution in [0.1, 0.15) is 37.3 Å². The van der Waals surface area contributed by atoms with Gasteiger partial charge in [-0.05, 0) is 35.6 Å². The molecule has 0 aromatic heterocycles. The molecule has 3 rings (SSSR count). The third-order valence-electron chi connectivity index (χ3n) is 5.66. The van der Waals surface area contributed by atoms with Crippen molar-refractivity contribution >= 4 is 18.0 Å². The van der Waals surface area contributed by atoms with E-state index in [-0.39, 0.29) is 25.6 Å². The summed E-state index contributed by atoms with van der Waals surface area (Å²) in [6, 6.07) is 15.0. The lowest BCUT2D eigenvalue weighted by atomic mass is 9.98. The molecule has 0 aliphatic heterocycles. The lowest BCUT2D eigenvalue weighted by Gasteiger charge is -2.27. The Hall–Kier alpha value is -3.39. The number of methoxy groups -OCH3 is 1. The first kappa shape index (κ1) is 23.3. The number of ether oxygens (including phenoxy) is 2. The fraction of sp³-hybridized carbons (Fsp3) is 0.375. The van der Waals surface area contributed by atoms with E-state index >= 15 is 0 Å². The maximum Gasteiger partial charge on any atom is 0.407 e. The number of carbonyl (C=O) groups is 3. The largest absolute Gasteiger partial charge is 0.479 e. The summed E-state index contributed by atoms with van der Waals surface area (Å²) in [5.41, 5.74) is 2.80. The molecule has 0 spiro atoms. The number of benzene rings is 2. The van der Waals surface area contributed by atoms with E-state index in [2.05, 4.69) is 10.6 Å². The first-order valence-corrected chi connectivity index (χ1v) is 10.5. The number of alkyl carbamates (subject to hydrolysis) is 1. The summed E-state index contributed by atoms with van der Waals surface area (Å²) in [7, 11) is 1.35. The van der Waals surface area contributed by atoms with E-state index in [9.17, 15) is 19.5 Å². The molecule has 3 N–H and O–H groups in total. The highest BCUT2D eigenvalue weighted by Crippen LogP contribution is 2.44. The van der Waals surface area contributed by atoms with Gasteiger partial charge in [0.05, 0.1) is 6.61 Å². The molecule has 1 aliphatic rings. The minimum absolute atomic E-state index is 0.0981. The summed E-state index contributed by atoms with van der Waals surface area (Å²) in [5.74, 6) is -1.95. The van der Waals surface area contributed by atoms with Crippen LogP contribution in [0.2, 0.25) is 0 Å². The fourth-order valence-electron chi connectivity index (χ4n) is 3.93. The van der Waals surface area contributed by atoms with E-state index in [1.54, 1.807) is 6.92 Å². The molecule has 2 aromatic carbocycles. The van der Waals surface area contributed by atoms with E-state index in [0.717, 1.165) is 22.3 Å². The van der Waals surface area contributed by atoms with Crippen LogP contribution < -0.4 is 10.6 Å². The third-order valence-corrected chi connectivity index (χ3v) is 5.66. The van der Waals surface area contributed by atoms with E-state index in [1.165, 1.54) is 14.0 Å². The van der Waals surface area contributed by atoms with Crippen LogP contribution in [0.5, 0.6) is 0 Å². The van der Waals surface area contributed by atoms with Crippen LogP contribution in [-0.4, -0.2) is 55.0 Å². The Morgan fingerprint density at radius 1 is 1.06 bits per heavy atom. The van der Waals surface area contributed by atoms with Gasteiger partial charge in [0.25, 0.3) is 0 Å². The van der Waals surface area contributed by atoms with Crippen LogP contribution in [0.25, 0.3) is 11.1 Å². The summed E-state index contributed by atoms with van der Waals surface area (Å²) in [6.45, 7) is 2.96. The summed E-state index contributed by atoms with van der Waals surface area (Å²) < 4.78 is 10.4. The zero-order valence-electron chi connectivity index (χ0n) is 18.4. The standard InChI is InChI=1S/C24H28N2O6/c1-4-20(21(27)26-24(2,14-31-3)22(28)29)25-23(30)32-13-19-17-11-7-5-9-15(17)16-10-6-8-12-18(16)19/h5-12,19-20H,4,13-14H2,1-3H3,(H,25,30)(H,26,27)(H,28,29)/t20-,24?/m1/s1. The molecule has 0 heterocycles. The van der Waals surface area contributed by atoms with Crippen molar-refractivity contribution in [2.75, 3.05) is 20.3 Å². The molecule has 8 nitrogen and oxygen atoms in total. The van der Waals surface area contributed by atoms with E-state index in [4.69, 9.17) is 9.47 Å². The Bertz CT molecular complexity index is 962. The maximum absolute atomic E-state index is 12.6. The van der Waals surface area contributed by atoms with Crippen molar-refractivity contribution in [3.05, 3.63) is 59.7 Å². The Morgan fingerprint density at radius 3 is 2.12 bits per heavy atom. The van der Waals surface area contributed by atoms with Gasteiger partial charge in [-0.2, -0.15) is 0 Å². The number of nitrogens with one attached hydrogen (secondary N) is 2. The average molecular weight is 440 g/mol. The Labute approximate surface area is 186 Å². The Kier molecular flexibility index (Phi) is 7.15. The van der Waals surface area contributed by atoms with Gasteiger partial charge in [-0.3, -0.25) is 4.79 Å². The van der Waals surface area contributed by atoms with Crippen LogP contribution in [0.3, 0.4) is 0 Å². The molecule has 32 heavy (non-hydrogen) atoms.